The molecule has 98 valence electrons. The van der Waals surface area contributed by atoms with Crippen molar-refractivity contribution in [2.75, 3.05) is 0 Å². The molecule has 6 nitrogen and oxygen atoms in total. The molecule has 2 aromatic heterocycles. The first-order valence-electron chi connectivity index (χ1n) is 6.17. The summed E-state index contributed by atoms with van der Waals surface area (Å²) in [6, 6.07) is 0. The van der Waals surface area contributed by atoms with Gasteiger partial charge in [-0.3, -0.25) is 5.10 Å². The van der Waals surface area contributed by atoms with E-state index in [1.807, 2.05) is 20.8 Å². The molecule has 0 radical (unpaired) electrons. The summed E-state index contributed by atoms with van der Waals surface area (Å²) < 4.78 is 1.76. The van der Waals surface area contributed by atoms with E-state index < -0.39 is 0 Å². The second kappa shape index (κ2) is 5.30. The van der Waals surface area contributed by atoms with Crippen LogP contribution < -0.4 is 0 Å². The Labute approximate surface area is 106 Å². The number of aromatic amines is 1. The van der Waals surface area contributed by atoms with Crippen LogP contribution in [0.2, 0.25) is 0 Å². The summed E-state index contributed by atoms with van der Waals surface area (Å²) in [4.78, 5) is 4.26. The number of nitrogens with zero attached hydrogens (tertiary/aromatic N) is 4. The van der Waals surface area contributed by atoms with Gasteiger partial charge < -0.3 is 5.11 Å². The van der Waals surface area contributed by atoms with Gasteiger partial charge in [0.1, 0.15) is 12.2 Å². The molecule has 2 aromatic rings. The highest BCUT2D eigenvalue weighted by molar-refractivity contribution is 5.26. The van der Waals surface area contributed by atoms with Gasteiger partial charge in [0.05, 0.1) is 18.3 Å². The number of rotatable bonds is 5. The lowest BCUT2D eigenvalue weighted by atomic mass is 10.1. The van der Waals surface area contributed by atoms with E-state index in [0.29, 0.717) is 19.4 Å². The number of aliphatic hydroxyl groups excluding tert-OH is 1. The smallest absolute Gasteiger partial charge is 0.138 e. The predicted octanol–water partition coefficient (Wildman–Crippen LogP) is 0.980. The van der Waals surface area contributed by atoms with Crippen LogP contribution in [0.4, 0.5) is 0 Å². The Morgan fingerprint density at radius 3 is 2.83 bits per heavy atom. The molecule has 2 heterocycles. The molecule has 0 bridgehead atoms. The minimum absolute atomic E-state index is 0.378. The van der Waals surface area contributed by atoms with Gasteiger partial charge in [-0.15, -0.1) is 0 Å². The summed E-state index contributed by atoms with van der Waals surface area (Å²) in [6.07, 6.45) is 2.55. The largest absolute Gasteiger partial charge is 0.391 e. The molecule has 1 atom stereocenters. The van der Waals surface area contributed by atoms with Crippen LogP contribution >= 0.6 is 0 Å². The summed E-state index contributed by atoms with van der Waals surface area (Å²) >= 11 is 0. The molecule has 0 saturated heterocycles. The maximum Gasteiger partial charge on any atom is 0.138 e. The van der Waals surface area contributed by atoms with Crippen LogP contribution in [0, 0.1) is 13.8 Å². The highest BCUT2D eigenvalue weighted by Crippen LogP contribution is 2.14. The van der Waals surface area contributed by atoms with E-state index in [1.165, 1.54) is 6.33 Å². The van der Waals surface area contributed by atoms with Gasteiger partial charge in [0, 0.05) is 17.7 Å². The Balaban J connectivity index is 2.17. The highest BCUT2D eigenvalue weighted by Gasteiger charge is 2.13. The van der Waals surface area contributed by atoms with E-state index in [0.717, 1.165) is 22.8 Å². The predicted molar refractivity (Wildman–Crippen MR) is 67.2 cm³/mol. The zero-order chi connectivity index (χ0) is 13.1. The van der Waals surface area contributed by atoms with Crippen molar-refractivity contribution in [2.24, 2.45) is 0 Å². The summed E-state index contributed by atoms with van der Waals surface area (Å²) in [5.41, 5.74) is 3.19. The van der Waals surface area contributed by atoms with Crippen LogP contribution in [0.5, 0.6) is 0 Å². The molecule has 1 unspecified atom stereocenters. The molecular formula is C12H19N5O. The first-order valence-corrected chi connectivity index (χ1v) is 6.17. The number of H-pyrrole nitrogens is 1. The third-order valence-corrected chi connectivity index (χ3v) is 3.17. The van der Waals surface area contributed by atoms with Crippen molar-refractivity contribution in [3.8, 4) is 0 Å². The summed E-state index contributed by atoms with van der Waals surface area (Å²) in [6.45, 7) is 6.41. The highest BCUT2D eigenvalue weighted by atomic mass is 16.3. The van der Waals surface area contributed by atoms with E-state index in [4.69, 9.17) is 0 Å². The van der Waals surface area contributed by atoms with E-state index in [2.05, 4.69) is 20.3 Å². The topological polar surface area (TPSA) is 79.6 Å². The number of hydrogen-bond acceptors (Lipinski definition) is 4. The van der Waals surface area contributed by atoms with Crippen LogP contribution in [-0.4, -0.2) is 36.2 Å². The lowest BCUT2D eigenvalue weighted by Crippen LogP contribution is -2.18. The second-order valence-corrected chi connectivity index (χ2v) is 4.51. The normalized spacial score (nSPS) is 12.9. The average Bonchev–Trinajstić information content (AvgIpc) is 2.91. The third kappa shape index (κ3) is 2.59. The van der Waals surface area contributed by atoms with Gasteiger partial charge in [0.15, 0.2) is 0 Å². The lowest BCUT2D eigenvalue weighted by Gasteiger charge is -2.10. The van der Waals surface area contributed by atoms with Crippen LogP contribution in [0.3, 0.4) is 0 Å². The van der Waals surface area contributed by atoms with Gasteiger partial charge in [0.25, 0.3) is 0 Å². The molecular weight excluding hydrogens is 230 g/mol. The molecule has 0 aliphatic rings. The Morgan fingerprint density at radius 1 is 1.44 bits per heavy atom. The van der Waals surface area contributed by atoms with E-state index >= 15 is 0 Å². The summed E-state index contributed by atoms with van der Waals surface area (Å²) in [7, 11) is 0. The zero-order valence-corrected chi connectivity index (χ0v) is 11.0. The number of hydrogen-bond donors (Lipinski definition) is 2. The summed E-state index contributed by atoms with van der Waals surface area (Å²) in [5, 5.41) is 21.0. The first-order chi connectivity index (χ1) is 8.61. The lowest BCUT2D eigenvalue weighted by molar-refractivity contribution is 0.144. The quantitative estimate of drug-likeness (QED) is 0.827. The molecule has 2 rings (SSSR count). The number of aromatic nitrogens is 5. The van der Waals surface area contributed by atoms with Crippen molar-refractivity contribution in [3.05, 3.63) is 29.1 Å². The van der Waals surface area contributed by atoms with E-state index in [9.17, 15) is 5.11 Å². The van der Waals surface area contributed by atoms with Crippen molar-refractivity contribution in [1.82, 2.24) is 25.0 Å². The molecule has 18 heavy (non-hydrogen) atoms. The zero-order valence-electron chi connectivity index (χ0n) is 11.0. The standard InChI is InChI=1S/C12H19N5O/c1-4-10(18)6-17-12(13-7-14-17)5-11-8(2)15-16-9(11)3/h7,10,18H,4-6H2,1-3H3,(H,15,16). The minimum Gasteiger partial charge on any atom is -0.391 e. The molecule has 0 spiro atoms. The molecule has 0 amide bonds. The Kier molecular flexibility index (Phi) is 3.76. The number of nitrogens with one attached hydrogen (secondary N) is 1. The molecule has 0 aliphatic heterocycles. The van der Waals surface area contributed by atoms with Crippen LogP contribution in [-0.2, 0) is 13.0 Å². The van der Waals surface area contributed by atoms with Crippen LogP contribution in [0.1, 0.15) is 36.1 Å². The van der Waals surface area contributed by atoms with Crippen molar-refractivity contribution in [3.63, 3.8) is 0 Å². The van der Waals surface area contributed by atoms with Gasteiger partial charge in [-0.1, -0.05) is 6.92 Å². The monoisotopic (exact) mass is 249 g/mol. The van der Waals surface area contributed by atoms with Crippen molar-refractivity contribution in [1.29, 1.82) is 0 Å². The first kappa shape index (κ1) is 12.8. The average molecular weight is 249 g/mol. The van der Waals surface area contributed by atoms with Gasteiger partial charge in [-0.25, -0.2) is 9.67 Å². The molecule has 0 aromatic carbocycles. The van der Waals surface area contributed by atoms with Crippen LogP contribution in [0.15, 0.2) is 6.33 Å². The van der Waals surface area contributed by atoms with E-state index in [1.54, 1.807) is 4.68 Å². The third-order valence-electron chi connectivity index (χ3n) is 3.17. The molecule has 2 N–H and O–H groups in total. The maximum atomic E-state index is 9.68. The Morgan fingerprint density at radius 2 is 2.22 bits per heavy atom. The van der Waals surface area contributed by atoms with Crippen molar-refractivity contribution in [2.45, 2.75) is 46.3 Å². The Hall–Kier alpha value is -1.69. The molecule has 0 saturated carbocycles. The van der Waals surface area contributed by atoms with Crippen molar-refractivity contribution >= 4 is 0 Å². The summed E-state index contributed by atoms with van der Waals surface area (Å²) in [5.74, 6) is 0.857. The molecule has 0 aliphatic carbocycles. The number of aliphatic hydroxyl groups is 1. The fourth-order valence-electron chi connectivity index (χ4n) is 1.90. The minimum atomic E-state index is -0.378. The van der Waals surface area contributed by atoms with Gasteiger partial charge in [-0.2, -0.15) is 10.2 Å². The van der Waals surface area contributed by atoms with Crippen molar-refractivity contribution < 1.29 is 5.11 Å². The van der Waals surface area contributed by atoms with Crippen LogP contribution in [0.25, 0.3) is 0 Å². The second-order valence-electron chi connectivity index (χ2n) is 4.51. The van der Waals surface area contributed by atoms with Gasteiger partial charge in [-0.05, 0) is 20.3 Å². The fraction of sp³-hybridized carbons (Fsp3) is 0.583. The molecule has 6 heteroatoms. The van der Waals surface area contributed by atoms with Gasteiger partial charge in [0.2, 0.25) is 0 Å². The SMILES string of the molecule is CCC(O)Cn1ncnc1Cc1c(C)n[nH]c1C. The van der Waals surface area contributed by atoms with Gasteiger partial charge >= 0.3 is 0 Å². The fourth-order valence-corrected chi connectivity index (χ4v) is 1.90. The van der Waals surface area contributed by atoms with E-state index in [-0.39, 0.29) is 6.10 Å². The Bertz CT molecular complexity index is 497. The molecule has 0 fully saturated rings. The maximum absolute atomic E-state index is 9.68. The number of aryl methyl sites for hydroxylation is 2.